The molecule has 0 aromatic carbocycles. The van der Waals surface area contributed by atoms with Gasteiger partial charge in [0.1, 0.15) is 0 Å². The zero-order valence-electron chi connectivity index (χ0n) is 6.92. The first-order valence-corrected chi connectivity index (χ1v) is 3.84. The summed E-state index contributed by atoms with van der Waals surface area (Å²) in [6.07, 6.45) is 7.17. The van der Waals surface area contributed by atoms with Crippen LogP contribution in [-0.2, 0) is 4.79 Å². The predicted molar refractivity (Wildman–Crippen MR) is 44.8 cm³/mol. The van der Waals surface area contributed by atoms with Gasteiger partial charge in [-0.05, 0) is 18.4 Å². The van der Waals surface area contributed by atoms with Crippen LogP contribution in [0.5, 0.6) is 0 Å². The SMILES string of the molecule is CC(=O)NC1=CC(C)CC=C1. The van der Waals surface area contributed by atoms with Crippen molar-refractivity contribution in [2.24, 2.45) is 5.92 Å². The van der Waals surface area contributed by atoms with E-state index in [0.717, 1.165) is 12.1 Å². The summed E-state index contributed by atoms with van der Waals surface area (Å²) in [5, 5.41) is 2.75. The van der Waals surface area contributed by atoms with Gasteiger partial charge in [0.25, 0.3) is 0 Å². The van der Waals surface area contributed by atoms with Crippen molar-refractivity contribution in [1.82, 2.24) is 5.32 Å². The first-order chi connectivity index (χ1) is 5.18. The molecule has 0 radical (unpaired) electrons. The minimum Gasteiger partial charge on any atom is -0.327 e. The normalized spacial score (nSPS) is 22.7. The second kappa shape index (κ2) is 3.37. The maximum atomic E-state index is 10.6. The molecular formula is C9H13NO. The lowest BCUT2D eigenvalue weighted by Gasteiger charge is -2.11. The average molecular weight is 151 g/mol. The van der Waals surface area contributed by atoms with Crippen molar-refractivity contribution in [1.29, 1.82) is 0 Å². The van der Waals surface area contributed by atoms with Gasteiger partial charge in [-0.15, -0.1) is 0 Å². The van der Waals surface area contributed by atoms with Crippen molar-refractivity contribution >= 4 is 5.91 Å². The molecule has 0 aliphatic heterocycles. The second-order valence-corrected chi connectivity index (χ2v) is 2.92. The molecule has 1 unspecified atom stereocenters. The number of hydrogen-bond acceptors (Lipinski definition) is 1. The molecule has 0 spiro atoms. The first-order valence-electron chi connectivity index (χ1n) is 3.84. The summed E-state index contributed by atoms with van der Waals surface area (Å²) in [5.74, 6) is 0.539. The van der Waals surface area contributed by atoms with E-state index in [-0.39, 0.29) is 5.91 Å². The van der Waals surface area contributed by atoms with E-state index in [2.05, 4.69) is 24.4 Å². The predicted octanol–water partition coefficient (Wildman–Crippen LogP) is 1.60. The Bertz CT molecular complexity index is 216. The Morgan fingerprint density at radius 1 is 1.73 bits per heavy atom. The van der Waals surface area contributed by atoms with Crippen LogP contribution in [0, 0.1) is 5.92 Å². The number of carbonyl (C=O) groups excluding carboxylic acids is 1. The van der Waals surface area contributed by atoms with Crippen LogP contribution in [0.25, 0.3) is 0 Å². The maximum Gasteiger partial charge on any atom is 0.221 e. The summed E-state index contributed by atoms with van der Waals surface area (Å²) < 4.78 is 0. The van der Waals surface area contributed by atoms with Gasteiger partial charge in [0.05, 0.1) is 0 Å². The Labute approximate surface area is 67.0 Å². The van der Waals surface area contributed by atoms with Crippen molar-refractivity contribution in [3.8, 4) is 0 Å². The van der Waals surface area contributed by atoms with Crippen LogP contribution in [0.1, 0.15) is 20.3 Å². The van der Waals surface area contributed by atoms with Crippen LogP contribution in [-0.4, -0.2) is 5.91 Å². The molecule has 1 rings (SSSR count). The molecule has 0 fully saturated rings. The molecule has 0 aromatic rings. The minimum atomic E-state index is -0.00463. The van der Waals surface area contributed by atoms with Crippen LogP contribution >= 0.6 is 0 Å². The van der Waals surface area contributed by atoms with Crippen molar-refractivity contribution < 1.29 is 4.79 Å². The molecule has 0 saturated heterocycles. The molecule has 2 nitrogen and oxygen atoms in total. The summed E-state index contributed by atoms with van der Waals surface area (Å²) in [5.41, 5.74) is 0.927. The largest absolute Gasteiger partial charge is 0.327 e. The van der Waals surface area contributed by atoms with Crippen molar-refractivity contribution in [2.45, 2.75) is 20.3 Å². The third kappa shape index (κ3) is 2.58. The van der Waals surface area contributed by atoms with E-state index in [1.807, 2.05) is 6.08 Å². The lowest BCUT2D eigenvalue weighted by Crippen LogP contribution is -2.19. The molecule has 0 saturated carbocycles. The summed E-state index contributed by atoms with van der Waals surface area (Å²) in [7, 11) is 0. The van der Waals surface area contributed by atoms with Gasteiger partial charge >= 0.3 is 0 Å². The molecule has 0 aromatic heterocycles. The average Bonchev–Trinajstić information content (AvgIpc) is 1.85. The summed E-state index contributed by atoms with van der Waals surface area (Å²) >= 11 is 0. The fourth-order valence-electron chi connectivity index (χ4n) is 1.13. The standard InChI is InChI=1S/C9H13NO/c1-7-4-3-5-9(6-7)10-8(2)11/h3,5-7H,4H2,1-2H3,(H,10,11). The fourth-order valence-corrected chi connectivity index (χ4v) is 1.13. The minimum absolute atomic E-state index is 0.00463. The van der Waals surface area contributed by atoms with E-state index < -0.39 is 0 Å². The van der Waals surface area contributed by atoms with Gasteiger partial charge in [-0.2, -0.15) is 0 Å². The van der Waals surface area contributed by atoms with Crippen molar-refractivity contribution in [3.05, 3.63) is 23.9 Å². The van der Waals surface area contributed by atoms with Crippen LogP contribution in [0.2, 0.25) is 0 Å². The maximum absolute atomic E-state index is 10.6. The smallest absolute Gasteiger partial charge is 0.221 e. The molecule has 2 heteroatoms. The van der Waals surface area contributed by atoms with E-state index >= 15 is 0 Å². The Morgan fingerprint density at radius 3 is 3.00 bits per heavy atom. The molecule has 0 bridgehead atoms. The lowest BCUT2D eigenvalue weighted by atomic mass is 10.0. The summed E-state index contributed by atoms with van der Waals surface area (Å²) in [6.45, 7) is 3.65. The van der Waals surface area contributed by atoms with Gasteiger partial charge in [-0.3, -0.25) is 4.79 Å². The highest BCUT2D eigenvalue weighted by Gasteiger charge is 2.03. The molecule has 0 heterocycles. The quantitative estimate of drug-likeness (QED) is 0.606. The molecular weight excluding hydrogens is 138 g/mol. The van der Waals surface area contributed by atoms with E-state index in [4.69, 9.17) is 0 Å². The topological polar surface area (TPSA) is 29.1 Å². The monoisotopic (exact) mass is 151 g/mol. The zero-order chi connectivity index (χ0) is 8.27. The molecule has 1 atom stereocenters. The van der Waals surface area contributed by atoms with E-state index in [9.17, 15) is 4.79 Å². The van der Waals surface area contributed by atoms with Gasteiger partial charge in [-0.25, -0.2) is 0 Å². The molecule has 11 heavy (non-hydrogen) atoms. The summed E-state index contributed by atoms with van der Waals surface area (Å²) in [4.78, 5) is 10.6. The highest BCUT2D eigenvalue weighted by Crippen LogP contribution is 2.13. The Balaban J connectivity index is 2.57. The Morgan fingerprint density at radius 2 is 2.45 bits per heavy atom. The van der Waals surface area contributed by atoms with Crippen molar-refractivity contribution in [2.75, 3.05) is 0 Å². The molecule has 1 N–H and O–H groups in total. The summed E-state index contributed by atoms with van der Waals surface area (Å²) in [6, 6.07) is 0. The third-order valence-electron chi connectivity index (χ3n) is 1.59. The van der Waals surface area contributed by atoms with Crippen LogP contribution in [0.4, 0.5) is 0 Å². The van der Waals surface area contributed by atoms with E-state index in [0.29, 0.717) is 5.92 Å². The second-order valence-electron chi connectivity index (χ2n) is 2.92. The molecule has 60 valence electrons. The van der Waals surface area contributed by atoms with Crippen LogP contribution < -0.4 is 5.32 Å². The third-order valence-corrected chi connectivity index (χ3v) is 1.59. The highest BCUT2D eigenvalue weighted by atomic mass is 16.1. The lowest BCUT2D eigenvalue weighted by molar-refractivity contribution is -0.118. The van der Waals surface area contributed by atoms with E-state index in [1.54, 1.807) is 0 Å². The Kier molecular flexibility index (Phi) is 2.47. The number of hydrogen-bond donors (Lipinski definition) is 1. The number of carbonyl (C=O) groups is 1. The van der Waals surface area contributed by atoms with Gasteiger partial charge in [0, 0.05) is 12.6 Å². The number of amides is 1. The van der Waals surface area contributed by atoms with Crippen molar-refractivity contribution in [3.63, 3.8) is 0 Å². The van der Waals surface area contributed by atoms with Gasteiger partial charge in [0.15, 0.2) is 0 Å². The van der Waals surface area contributed by atoms with Gasteiger partial charge in [0.2, 0.25) is 5.91 Å². The Hall–Kier alpha value is -1.05. The zero-order valence-corrected chi connectivity index (χ0v) is 6.92. The fraction of sp³-hybridized carbons (Fsp3) is 0.444. The van der Waals surface area contributed by atoms with Crippen LogP contribution in [0.3, 0.4) is 0 Å². The molecule has 1 aliphatic rings. The number of rotatable bonds is 1. The van der Waals surface area contributed by atoms with Gasteiger partial charge in [-0.1, -0.05) is 19.1 Å². The van der Waals surface area contributed by atoms with E-state index in [1.165, 1.54) is 6.92 Å². The van der Waals surface area contributed by atoms with Crippen LogP contribution in [0.15, 0.2) is 23.9 Å². The number of allylic oxidation sites excluding steroid dienone is 3. The van der Waals surface area contributed by atoms with Gasteiger partial charge < -0.3 is 5.32 Å². The highest BCUT2D eigenvalue weighted by molar-refractivity contribution is 5.75. The molecule has 1 amide bonds. The molecule has 1 aliphatic carbocycles. The number of nitrogens with one attached hydrogen (secondary N) is 1. The first kappa shape index (κ1) is 8.05.